The van der Waals surface area contributed by atoms with Crippen LogP contribution in [0, 0.1) is 0 Å². The van der Waals surface area contributed by atoms with E-state index in [9.17, 15) is 4.79 Å². The van der Waals surface area contributed by atoms with Crippen molar-refractivity contribution < 1.29 is 19.0 Å². The second kappa shape index (κ2) is 6.15. The standard InChI is InChI=1S/C13H19N3O4/c1-13(2)8-15-4-9(20-13)7-19-11-6-14-5-10(16-11)12(17)18-3/h5-6,9,15H,4,7-8H2,1-3H3. The first-order valence-electron chi connectivity index (χ1n) is 6.42. The Balaban J connectivity index is 1.92. The molecule has 1 unspecified atom stereocenters. The van der Waals surface area contributed by atoms with Crippen LogP contribution in [0.3, 0.4) is 0 Å². The van der Waals surface area contributed by atoms with Crippen molar-refractivity contribution in [1.82, 2.24) is 15.3 Å². The Bertz CT molecular complexity index is 478. The largest absolute Gasteiger partial charge is 0.474 e. The summed E-state index contributed by atoms with van der Waals surface area (Å²) in [7, 11) is 1.29. The fourth-order valence-corrected chi connectivity index (χ4v) is 1.96. The predicted octanol–water partition coefficient (Wildman–Crippen LogP) is 0.409. The Morgan fingerprint density at radius 3 is 3.05 bits per heavy atom. The molecule has 110 valence electrons. The van der Waals surface area contributed by atoms with Crippen LogP contribution in [0.1, 0.15) is 24.3 Å². The van der Waals surface area contributed by atoms with Gasteiger partial charge in [-0.2, -0.15) is 0 Å². The molecule has 7 nitrogen and oxygen atoms in total. The first kappa shape index (κ1) is 14.7. The summed E-state index contributed by atoms with van der Waals surface area (Å²) in [4.78, 5) is 19.3. The molecule has 0 amide bonds. The SMILES string of the molecule is COC(=O)c1cncc(OCC2CNCC(C)(C)O2)n1. The van der Waals surface area contributed by atoms with Crippen LogP contribution in [0.5, 0.6) is 5.88 Å². The van der Waals surface area contributed by atoms with Gasteiger partial charge >= 0.3 is 5.97 Å². The average molecular weight is 281 g/mol. The third-order valence-corrected chi connectivity index (χ3v) is 2.83. The minimum absolute atomic E-state index is 0.0673. The summed E-state index contributed by atoms with van der Waals surface area (Å²) in [5.74, 6) is -0.264. The van der Waals surface area contributed by atoms with Crippen LogP contribution in [-0.2, 0) is 9.47 Å². The van der Waals surface area contributed by atoms with Crippen molar-refractivity contribution in [2.24, 2.45) is 0 Å². The van der Waals surface area contributed by atoms with Crippen LogP contribution in [-0.4, -0.2) is 54.4 Å². The fraction of sp³-hybridized carbons (Fsp3) is 0.615. The molecular weight excluding hydrogens is 262 g/mol. The quantitative estimate of drug-likeness (QED) is 0.800. The smallest absolute Gasteiger partial charge is 0.358 e. The van der Waals surface area contributed by atoms with Crippen molar-refractivity contribution in [3.05, 3.63) is 18.1 Å². The number of hydrogen-bond donors (Lipinski definition) is 1. The van der Waals surface area contributed by atoms with Gasteiger partial charge in [-0.3, -0.25) is 4.98 Å². The van der Waals surface area contributed by atoms with E-state index >= 15 is 0 Å². The van der Waals surface area contributed by atoms with Gasteiger partial charge < -0.3 is 19.5 Å². The van der Waals surface area contributed by atoms with Crippen LogP contribution in [0.2, 0.25) is 0 Å². The highest BCUT2D eigenvalue weighted by atomic mass is 16.6. The summed E-state index contributed by atoms with van der Waals surface area (Å²) in [6, 6.07) is 0. The number of carbonyl (C=O) groups excluding carboxylic acids is 1. The summed E-state index contributed by atoms with van der Waals surface area (Å²) in [6.45, 7) is 5.90. The van der Waals surface area contributed by atoms with Gasteiger partial charge in [0.25, 0.3) is 0 Å². The zero-order chi connectivity index (χ0) is 14.6. The number of nitrogens with zero attached hydrogens (tertiary/aromatic N) is 2. The highest BCUT2D eigenvalue weighted by molar-refractivity contribution is 5.86. The summed E-state index contributed by atoms with van der Waals surface area (Å²) in [5, 5.41) is 3.28. The molecule has 0 radical (unpaired) electrons. The highest BCUT2D eigenvalue weighted by Crippen LogP contribution is 2.16. The lowest BCUT2D eigenvalue weighted by atomic mass is 10.1. The van der Waals surface area contributed by atoms with Crippen molar-refractivity contribution in [3.8, 4) is 5.88 Å². The minimum Gasteiger partial charge on any atom is -0.474 e. The zero-order valence-electron chi connectivity index (χ0n) is 11.9. The van der Waals surface area contributed by atoms with Crippen molar-refractivity contribution in [3.63, 3.8) is 0 Å². The van der Waals surface area contributed by atoms with Gasteiger partial charge in [-0.25, -0.2) is 9.78 Å². The van der Waals surface area contributed by atoms with Gasteiger partial charge in [0, 0.05) is 13.1 Å². The highest BCUT2D eigenvalue weighted by Gasteiger charge is 2.28. The summed E-state index contributed by atoms with van der Waals surface area (Å²) < 4.78 is 16.0. The van der Waals surface area contributed by atoms with Crippen molar-refractivity contribution in [1.29, 1.82) is 0 Å². The Labute approximate surface area is 117 Å². The maximum Gasteiger partial charge on any atom is 0.358 e. The van der Waals surface area contributed by atoms with E-state index in [2.05, 4.69) is 20.0 Å². The Morgan fingerprint density at radius 2 is 2.35 bits per heavy atom. The van der Waals surface area contributed by atoms with Gasteiger partial charge in [0.1, 0.15) is 12.7 Å². The molecule has 1 N–H and O–H groups in total. The number of esters is 1. The maximum atomic E-state index is 11.3. The van der Waals surface area contributed by atoms with Gasteiger partial charge in [0.2, 0.25) is 5.88 Å². The van der Waals surface area contributed by atoms with Crippen molar-refractivity contribution in [2.75, 3.05) is 26.8 Å². The number of carbonyl (C=O) groups is 1. The molecule has 7 heteroatoms. The maximum absolute atomic E-state index is 11.3. The Morgan fingerprint density at radius 1 is 1.55 bits per heavy atom. The summed E-state index contributed by atoms with van der Waals surface area (Å²) in [5.41, 5.74) is -0.0979. The van der Waals surface area contributed by atoms with Gasteiger partial charge in [0.15, 0.2) is 5.69 Å². The molecule has 2 rings (SSSR count). The predicted molar refractivity (Wildman–Crippen MR) is 70.7 cm³/mol. The average Bonchev–Trinajstić information content (AvgIpc) is 2.43. The van der Waals surface area contributed by atoms with Gasteiger partial charge in [-0.1, -0.05) is 0 Å². The number of aromatic nitrogens is 2. The molecule has 0 spiro atoms. The van der Waals surface area contributed by atoms with Gasteiger partial charge in [-0.05, 0) is 13.8 Å². The Hall–Kier alpha value is -1.73. The van der Waals surface area contributed by atoms with E-state index in [0.29, 0.717) is 13.2 Å². The lowest BCUT2D eigenvalue weighted by Gasteiger charge is -2.36. The Kier molecular flexibility index (Phi) is 4.51. The van der Waals surface area contributed by atoms with E-state index in [4.69, 9.17) is 9.47 Å². The normalized spacial score (nSPS) is 21.2. The molecule has 1 aliphatic rings. The molecule has 2 heterocycles. The van der Waals surface area contributed by atoms with E-state index < -0.39 is 5.97 Å². The molecule has 1 atom stereocenters. The molecule has 0 aliphatic carbocycles. The molecule has 1 aromatic rings. The van der Waals surface area contributed by atoms with E-state index in [1.807, 2.05) is 13.8 Å². The van der Waals surface area contributed by atoms with E-state index in [-0.39, 0.29) is 23.3 Å². The number of methoxy groups -OCH3 is 1. The fourth-order valence-electron chi connectivity index (χ4n) is 1.96. The minimum atomic E-state index is -0.542. The lowest BCUT2D eigenvalue weighted by Crippen LogP contribution is -2.52. The van der Waals surface area contributed by atoms with E-state index in [1.54, 1.807) is 0 Å². The van der Waals surface area contributed by atoms with Crippen molar-refractivity contribution in [2.45, 2.75) is 25.6 Å². The molecule has 1 fully saturated rings. The molecule has 0 bridgehead atoms. The molecule has 1 aliphatic heterocycles. The summed E-state index contributed by atoms with van der Waals surface area (Å²) >= 11 is 0. The van der Waals surface area contributed by atoms with E-state index in [0.717, 1.165) is 6.54 Å². The molecule has 1 saturated heterocycles. The van der Waals surface area contributed by atoms with Crippen LogP contribution >= 0.6 is 0 Å². The lowest BCUT2D eigenvalue weighted by molar-refractivity contribution is -0.107. The molecule has 0 aromatic carbocycles. The van der Waals surface area contributed by atoms with Crippen LogP contribution < -0.4 is 10.1 Å². The number of hydrogen-bond acceptors (Lipinski definition) is 7. The monoisotopic (exact) mass is 281 g/mol. The first-order chi connectivity index (χ1) is 9.50. The molecule has 1 aromatic heterocycles. The second-order valence-electron chi connectivity index (χ2n) is 5.18. The third kappa shape index (κ3) is 3.88. The van der Waals surface area contributed by atoms with Crippen LogP contribution in [0.25, 0.3) is 0 Å². The van der Waals surface area contributed by atoms with Crippen molar-refractivity contribution >= 4 is 5.97 Å². The number of nitrogens with one attached hydrogen (secondary N) is 1. The van der Waals surface area contributed by atoms with Crippen LogP contribution in [0.15, 0.2) is 12.4 Å². The second-order valence-corrected chi connectivity index (χ2v) is 5.18. The first-order valence-corrected chi connectivity index (χ1v) is 6.42. The molecule has 0 saturated carbocycles. The topological polar surface area (TPSA) is 82.6 Å². The number of ether oxygens (including phenoxy) is 3. The number of rotatable bonds is 4. The summed E-state index contributed by atoms with van der Waals surface area (Å²) in [6.07, 6.45) is 2.72. The molecular formula is C13H19N3O4. The third-order valence-electron chi connectivity index (χ3n) is 2.83. The zero-order valence-corrected chi connectivity index (χ0v) is 11.9. The van der Waals surface area contributed by atoms with Gasteiger partial charge in [-0.15, -0.1) is 0 Å². The van der Waals surface area contributed by atoms with Gasteiger partial charge in [0.05, 0.1) is 25.1 Å². The van der Waals surface area contributed by atoms with E-state index in [1.165, 1.54) is 19.5 Å². The number of morpholine rings is 1. The molecule has 20 heavy (non-hydrogen) atoms. The van der Waals surface area contributed by atoms with Crippen LogP contribution in [0.4, 0.5) is 0 Å².